The second kappa shape index (κ2) is 14.4. The quantitative estimate of drug-likeness (QED) is 0.134. The molecule has 0 unspecified atom stereocenters. The maximum absolute atomic E-state index is 13.1. The molecule has 4 aromatic carbocycles. The summed E-state index contributed by atoms with van der Waals surface area (Å²) in [6.07, 6.45) is 6.94. The summed E-state index contributed by atoms with van der Waals surface area (Å²) in [5, 5.41) is 9.58. The fraction of sp³-hybridized carbons (Fsp3) is 0.317. The van der Waals surface area contributed by atoms with E-state index in [4.69, 9.17) is 9.47 Å². The second-order valence-electron chi connectivity index (χ2n) is 13.1. The van der Waals surface area contributed by atoms with Crippen LogP contribution in [0.25, 0.3) is 11.1 Å². The minimum Gasteiger partial charge on any atom is -0.392 e. The largest absolute Gasteiger partial charge is 0.392 e. The standard InChI is InChI=1S/C41H42N2O5/c1-2-23-42(33-10-4-5-11-33)26-34-24-38(30-17-15-28(27-44)16-18-30)48-41(47-34)31-21-19-29(20-22-31)35-12-6-3-9-32(35)25-43-39(45)36-13-7-8-14-37(36)40(43)46/h2-3,6-9,12-22,33-34,38,41,44H,1,4-5,10-11,23-27H2/t34-,38+,41+/m0/s1. The van der Waals surface area contributed by atoms with E-state index in [0.29, 0.717) is 17.2 Å². The van der Waals surface area contributed by atoms with Gasteiger partial charge in [0.1, 0.15) is 0 Å². The van der Waals surface area contributed by atoms with Crippen LogP contribution in [0.3, 0.4) is 0 Å². The number of carbonyl (C=O) groups is 2. The fourth-order valence-corrected chi connectivity index (χ4v) is 7.42. The number of benzene rings is 4. The predicted octanol–water partition coefficient (Wildman–Crippen LogP) is 7.62. The van der Waals surface area contributed by atoms with E-state index in [-0.39, 0.29) is 37.2 Å². The van der Waals surface area contributed by atoms with Gasteiger partial charge in [0, 0.05) is 31.1 Å². The predicted molar refractivity (Wildman–Crippen MR) is 185 cm³/mol. The number of amides is 2. The Balaban J connectivity index is 1.12. The van der Waals surface area contributed by atoms with E-state index in [0.717, 1.165) is 52.9 Å². The lowest BCUT2D eigenvalue weighted by molar-refractivity contribution is -0.253. The molecule has 7 nitrogen and oxygen atoms in total. The van der Waals surface area contributed by atoms with E-state index < -0.39 is 6.29 Å². The van der Waals surface area contributed by atoms with Crippen LogP contribution in [0.5, 0.6) is 0 Å². The van der Waals surface area contributed by atoms with Crippen LogP contribution in [0.15, 0.2) is 110 Å². The molecule has 2 heterocycles. The molecule has 2 aliphatic heterocycles. The number of carbonyl (C=O) groups excluding carboxylic acids is 2. The summed E-state index contributed by atoms with van der Waals surface area (Å²) >= 11 is 0. The molecule has 2 amide bonds. The van der Waals surface area contributed by atoms with Crippen LogP contribution in [0.2, 0.25) is 0 Å². The molecular weight excluding hydrogens is 600 g/mol. The Morgan fingerprint density at radius 3 is 2.06 bits per heavy atom. The van der Waals surface area contributed by atoms with Gasteiger partial charge in [0.05, 0.1) is 36.5 Å². The molecule has 0 bridgehead atoms. The maximum Gasteiger partial charge on any atom is 0.261 e. The second-order valence-corrected chi connectivity index (χ2v) is 13.1. The molecule has 48 heavy (non-hydrogen) atoms. The zero-order chi connectivity index (χ0) is 33.0. The van der Waals surface area contributed by atoms with Crippen LogP contribution in [0.4, 0.5) is 0 Å². The number of hydrogen-bond donors (Lipinski definition) is 1. The molecule has 2 fully saturated rings. The van der Waals surface area contributed by atoms with E-state index in [1.54, 1.807) is 24.3 Å². The fourth-order valence-electron chi connectivity index (χ4n) is 7.42. The number of fused-ring (bicyclic) bond motifs is 1. The minimum atomic E-state index is -0.553. The third kappa shape index (κ3) is 6.64. The van der Waals surface area contributed by atoms with Crippen molar-refractivity contribution in [2.75, 3.05) is 13.1 Å². The molecule has 7 rings (SSSR count). The van der Waals surface area contributed by atoms with Crippen LogP contribution in [0, 0.1) is 0 Å². The van der Waals surface area contributed by atoms with Crippen LogP contribution in [0.1, 0.15) is 87.5 Å². The lowest BCUT2D eigenvalue weighted by Crippen LogP contribution is -2.43. The minimum absolute atomic E-state index is 0.00579. The van der Waals surface area contributed by atoms with Crippen molar-refractivity contribution in [3.8, 4) is 11.1 Å². The van der Waals surface area contributed by atoms with Gasteiger partial charge in [-0.1, -0.05) is 104 Å². The van der Waals surface area contributed by atoms with E-state index in [1.807, 2.05) is 66.7 Å². The van der Waals surface area contributed by atoms with Gasteiger partial charge in [0.15, 0.2) is 6.29 Å². The molecule has 1 saturated heterocycles. The van der Waals surface area contributed by atoms with E-state index in [1.165, 1.54) is 30.6 Å². The molecule has 3 atom stereocenters. The first kappa shape index (κ1) is 32.2. The van der Waals surface area contributed by atoms with Gasteiger partial charge < -0.3 is 14.6 Å². The summed E-state index contributed by atoms with van der Waals surface area (Å²) in [5.74, 6) is -0.524. The monoisotopic (exact) mass is 642 g/mol. The number of imide groups is 1. The average Bonchev–Trinajstić information content (AvgIpc) is 3.76. The molecule has 4 aromatic rings. The molecule has 1 N–H and O–H groups in total. The van der Waals surface area contributed by atoms with E-state index in [9.17, 15) is 14.7 Å². The molecule has 7 heteroatoms. The van der Waals surface area contributed by atoms with Crippen molar-refractivity contribution in [1.82, 2.24) is 9.80 Å². The maximum atomic E-state index is 13.1. The molecule has 246 valence electrons. The molecule has 0 aromatic heterocycles. The summed E-state index contributed by atoms with van der Waals surface area (Å²) < 4.78 is 13.3. The first-order valence-corrected chi connectivity index (χ1v) is 17.0. The number of hydrogen-bond acceptors (Lipinski definition) is 6. The van der Waals surface area contributed by atoms with Gasteiger partial charge in [-0.2, -0.15) is 0 Å². The summed E-state index contributed by atoms with van der Waals surface area (Å²) in [6, 6.07) is 31.6. The molecule has 1 saturated carbocycles. The zero-order valence-corrected chi connectivity index (χ0v) is 27.2. The SMILES string of the molecule is C=CCN(C[C@@H]1C[C@H](c2ccc(CO)cc2)O[C@H](c2ccc(-c3ccccc3CN3C(=O)c4ccccc4C3=O)cc2)O1)C1CCCC1. The van der Waals surface area contributed by atoms with Crippen LogP contribution < -0.4 is 0 Å². The van der Waals surface area contributed by atoms with Gasteiger partial charge in [-0.3, -0.25) is 19.4 Å². The Bertz CT molecular complexity index is 1730. The topological polar surface area (TPSA) is 79.3 Å². The molecule has 0 spiro atoms. The average molecular weight is 643 g/mol. The van der Waals surface area contributed by atoms with Gasteiger partial charge in [0.2, 0.25) is 0 Å². The van der Waals surface area contributed by atoms with E-state index >= 15 is 0 Å². The van der Waals surface area contributed by atoms with Gasteiger partial charge in [0.25, 0.3) is 11.8 Å². The normalized spacial score (nSPS) is 21.2. The third-order valence-corrected chi connectivity index (χ3v) is 9.98. The summed E-state index contributed by atoms with van der Waals surface area (Å²) in [7, 11) is 0. The third-order valence-electron chi connectivity index (χ3n) is 9.98. The van der Waals surface area contributed by atoms with Crippen molar-refractivity contribution in [3.63, 3.8) is 0 Å². The lowest BCUT2D eigenvalue weighted by atomic mass is 9.97. The summed E-state index contributed by atoms with van der Waals surface area (Å²) in [6.45, 7) is 5.87. The Kier molecular flexibility index (Phi) is 9.64. The Morgan fingerprint density at radius 1 is 0.792 bits per heavy atom. The number of ether oxygens (including phenoxy) is 2. The first-order valence-electron chi connectivity index (χ1n) is 17.0. The van der Waals surface area contributed by atoms with Crippen molar-refractivity contribution in [1.29, 1.82) is 0 Å². The van der Waals surface area contributed by atoms with Gasteiger partial charge in [-0.25, -0.2) is 0 Å². The Morgan fingerprint density at radius 2 is 1.42 bits per heavy atom. The molecule has 0 radical (unpaired) electrons. The van der Waals surface area contributed by atoms with Crippen molar-refractivity contribution < 1.29 is 24.2 Å². The Hall–Kier alpha value is -4.40. The van der Waals surface area contributed by atoms with Crippen LogP contribution in [-0.2, 0) is 22.6 Å². The van der Waals surface area contributed by atoms with Gasteiger partial charge in [-0.15, -0.1) is 6.58 Å². The van der Waals surface area contributed by atoms with E-state index in [2.05, 4.69) is 23.6 Å². The number of aliphatic hydroxyl groups excluding tert-OH is 1. The molecule has 1 aliphatic carbocycles. The molecule has 3 aliphatic rings. The van der Waals surface area contributed by atoms with Crippen LogP contribution >= 0.6 is 0 Å². The van der Waals surface area contributed by atoms with Gasteiger partial charge >= 0.3 is 0 Å². The van der Waals surface area contributed by atoms with Crippen molar-refractivity contribution in [2.45, 2.75) is 69.8 Å². The van der Waals surface area contributed by atoms with Crippen molar-refractivity contribution >= 4 is 11.8 Å². The van der Waals surface area contributed by atoms with Crippen molar-refractivity contribution in [3.05, 3.63) is 143 Å². The Labute approximate surface area is 282 Å². The summed E-state index contributed by atoms with van der Waals surface area (Å²) in [4.78, 5) is 30.1. The number of aliphatic hydroxyl groups is 1. The number of rotatable bonds is 11. The first-order chi connectivity index (χ1) is 23.5. The highest BCUT2D eigenvalue weighted by molar-refractivity contribution is 6.21. The van der Waals surface area contributed by atoms with Crippen molar-refractivity contribution in [2.24, 2.45) is 0 Å². The summed E-state index contributed by atoms with van der Waals surface area (Å²) in [5.41, 5.74) is 6.61. The van der Waals surface area contributed by atoms with Gasteiger partial charge in [-0.05, 0) is 52.8 Å². The highest BCUT2D eigenvalue weighted by atomic mass is 16.7. The lowest BCUT2D eigenvalue weighted by Gasteiger charge is -2.39. The highest BCUT2D eigenvalue weighted by Crippen LogP contribution is 2.39. The number of nitrogens with zero attached hydrogens (tertiary/aromatic N) is 2. The molecular formula is C41H42N2O5. The smallest absolute Gasteiger partial charge is 0.261 e. The zero-order valence-electron chi connectivity index (χ0n) is 27.2. The van der Waals surface area contributed by atoms with Crippen LogP contribution in [-0.4, -0.2) is 52.0 Å². The highest BCUT2D eigenvalue weighted by Gasteiger charge is 2.36.